The van der Waals surface area contributed by atoms with Crippen LogP contribution < -0.4 is 0 Å². The highest BCUT2D eigenvalue weighted by Crippen LogP contribution is 2.37. The van der Waals surface area contributed by atoms with Crippen LogP contribution in [0.4, 0.5) is 61.5 Å². The molecule has 0 aliphatic carbocycles. The van der Waals surface area contributed by atoms with Crippen molar-refractivity contribution in [1.29, 1.82) is 0 Å². The van der Waals surface area contributed by atoms with Crippen molar-refractivity contribution in [2.24, 2.45) is 172 Å². The predicted molar refractivity (Wildman–Crippen MR) is 413 cm³/mol. The molecule has 2 unspecified atom stereocenters. The number of hydrogen-bond donors (Lipinski definition) is 0. The van der Waals surface area contributed by atoms with Crippen LogP contribution in [0.25, 0.3) is 0 Å². The van der Waals surface area contributed by atoms with Gasteiger partial charge in [0.2, 0.25) is 12.3 Å². The van der Waals surface area contributed by atoms with E-state index >= 15 is 0 Å². The molecule has 0 bridgehead atoms. The molecule has 0 radical (unpaired) electrons. The number of rotatable bonds is 34. The van der Waals surface area contributed by atoms with E-state index in [1.165, 1.54) is 0 Å². The maximum absolute atomic E-state index is 13.6. The Balaban J connectivity index is -0.000000132. The zero-order valence-corrected chi connectivity index (χ0v) is 72.8. The second-order valence-electron chi connectivity index (χ2n) is 36.1. The molecule has 0 N–H and O–H groups in total. The van der Waals surface area contributed by atoms with Gasteiger partial charge in [0.15, 0.2) is 0 Å². The third kappa shape index (κ3) is 66.2. The van der Waals surface area contributed by atoms with E-state index in [9.17, 15) is 61.5 Å². The van der Waals surface area contributed by atoms with E-state index in [0.29, 0.717) is 118 Å². The van der Waals surface area contributed by atoms with Gasteiger partial charge in [0, 0.05) is 25.2 Å². The lowest BCUT2D eigenvalue weighted by molar-refractivity contribution is -0.139. The Kier molecular flexibility index (Phi) is 73.0. The number of halogens is 14. The summed E-state index contributed by atoms with van der Waals surface area (Å²) >= 11 is 0. The first-order valence-electron chi connectivity index (χ1n) is 39.2. The molecule has 0 aliphatic rings. The van der Waals surface area contributed by atoms with Crippen molar-refractivity contribution in [3.63, 3.8) is 0 Å². The van der Waals surface area contributed by atoms with Gasteiger partial charge in [0.05, 0.1) is 33.4 Å². The zero-order chi connectivity index (χ0) is 81.5. The van der Waals surface area contributed by atoms with Crippen LogP contribution in [0.15, 0.2) is 0 Å². The fourth-order valence-electron chi connectivity index (χ4n) is 16.1. The first-order chi connectivity index (χ1) is 44.4. The molecule has 2 atom stereocenters. The largest absolute Gasteiger partial charge is 0.389 e. The molecule has 0 heterocycles. The fraction of sp³-hybridized carbons (Fsp3) is 1.00. The number of hydrogen-bond acceptors (Lipinski definition) is 0. The van der Waals surface area contributed by atoms with Gasteiger partial charge in [-0.25, -0.2) is 26.3 Å². The summed E-state index contributed by atoms with van der Waals surface area (Å²) in [7, 11) is 0. The molecule has 14 heteroatoms. The summed E-state index contributed by atoms with van der Waals surface area (Å²) in [5.41, 5.74) is -1.04. The molecule has 0 aliphatic heterocycles. The summed E-state index contributed by atoms with van der Waals surface area (Å²) in [5.74, 6) is 7.66. The molecule has 0 fully saturated rings. The average Bonchev–Trinajstić information content (AvgIpc) is 0.870. The second kappa shape index (κ2) is 62.1. The van der Waals surface area contributed by atoms with Crippen molar-refractivity contribution in [3.8, 4) is 0 Å². The van der Waals surface area contributed by atoms with Crippen molar-refractivity contribution in [1.82, 2.24) is 0 Å². The van der Waals surface area contributed by atoms with E-state index in [4.69, 9.17) is 0 Å². The third-order valence-electron chi connectivity index (χ3n) is 20.2. The normalized spacial score (nSPS) is 13.3. The van der Waals surface area contributed by atoms with Gasteiger partial charge in [-0.3, -0.25) is 22.0 Å². The molecular weight excluding hydrogens is 1290 g/mol. The Hall–Kier alpha value is -0.980. The van der Waals surface area contributed by atoms with Gasteiger partial charge in [-0.2, -0.15) is 13.2 Å². The van der Waals surface area contributed by atoms with Crippen LogP contribution in [0.5, 0.6) is 0 Å². The Labute approximate surface area is 610 Å². The predicted octanol–water partition coefficient (Wildman–Crippen LogP) is 31.9. The molecular formula is C85H174F14. The molecule has 99 heavy (non-hydrogen) atoms. The number of alkyl halides is 14. The highest BCUT2D eigenvalue weighted by Gasteiger charge is 2.35. The SMILES string of the molecule is CC(C)C(C(C)C)C(C)(C)F.CC(C)C(C(C)C)C(C)CF.CC(C)C(C(C)C)C(C)F.CC(C)C(C(C)C)C(CF)CF.CC(C)C(CC(C)(F)F)C(C)C.CC(C)C(CC(F)F)C(C)C.CC(C)C(CCC(F)(F)F)C(C)C.CC(C)C(CCF)C(C)C.CC(C)C(CF)C(C)C. The van der Waals surface area contributed by atoms with Crippen LogP contribution in [0.1, 0.15) is 316 Å². The van der Waals surface area contributed by atoms with E-state index < -0.39 is 56.1 Å². The summed E-state index contributed by atoms with van der Waals surface area (Å²) in [4.78, 5) is 0. The van der Waals surface area contributed by atoms with Gasteiger partial charge in [-0.05, 0) is 206 Å². The van der Waals surface area contributed by atoms with Crippen LogP contribution in [-0.2, 0) is 0 Å². The Morgan fingerprint density at radius 1 is 0.273 bits per heavy atom. The summed E-state index contributed by atoms with van der Waals surface area (Å²) in [6.45, 7) is 81.0. The van der Waals surface area contributed by atoms with E-state index in [1.54, 1.807) is 20.8 Å². The summed E-state index contributed by atoms with van der Waals surface area (Å²) in [6.07, 6.45) is -6.40. The lowest BCUT2D eigenvalue weighted by Gasteiger charge is -2.33. The van der Waals surface area contributed by atoms with Gasteiger partial charge in [0.1, 0.15) is 11.8 Å². The van der Waals surface area contributed by atoms with Crippen molar-refractivity contribution in [2.75, 3.05) is 33.4 Å². The molecule has 612 valence electrons. The van der Waals surface area contributed by atoms with E-state index in [0.717, 1.165) is 13.3 Å². The standard InChI is InChI=1S/C10H19F3.2C10H20F2.2C10H21F.C9H18F2.2C9H19F.C8H17F/c1-7(2)9(8(3)4)5-6-10(11,12)13;1-7(2)9(8(3)4)6-10(5,11)12;1-7(2)10(8(3)4)9(5-11)6-12;1-7(2)9(8(3)4)10(5,6)11;1-7(2)10(8(3)4)9(5)6-11;1-6(2)8(7(3)4)5-9(10)11;1-7(2)9(5-6-10)8(3)4;1-6(2)9(7(3)4)8(5)10;1-6(2)8(5-9)7(3)4/h7-9H,5-6H2,1-4H3;7-9H,6H2,1-5H3;7-10H,5-6H2,1-4H3;7-9H,1-6H3;7-10H,6H2,1-5H3;6-9H,5H2,1-4H3;7-9H,5-6H2,1-4H3;6-9H,1-5H3;6-8H,5H2,1-4H3. The highest BCUT2D eigenvalue weighted by molar-refractivity contribution is 4.83. The highest BCUT2D eigenvalue weighted by atomic mass is 19.4. The zero-order valence-electron chi connectivity index (χ0n) is 72.8. The molecule has 0 aromatic rings. The lowest BCUT2D eigenvalue weighted by atomic mass is 9.76. The minimum Gasteiger partial charge on any atom is -0.251 e. The van der Waals surface area contributed by atoms with Crippen LogP contribution in [0, 0.1) is 172 Å². The smallest absolute Gasteiger partial charge is 0.251 e. The van der Waals surface area contributed by atoms with E-state index in [1.807, 2.05) is 118 Å². The molecule has 0 aromatic heterocycles. The first-order valence-corrected chi connectivity index (χ1v) is 39.2. The summed E-state index contributed by atoms with van der Waals surface area (Å²) < 4.78 is 173. The van der Waals surface area contributed by atoms with Crippen LogP contribution in [0.3, 0.4) is 0 Å². The van der Waals surface area contributed by atoms with Gasteiger partial charge >= 0.3 is 6.18 Å². The Morgan fingerprint density at radius 2 is 0.545 bits per heavy atom. The molecule has 0 spiro atoms. The molecule has 0 saturated carbocycles. The Bertz CT molecular complexity index is 1580. The third-order valence-corrected chi connectivity index (χ3v) is 20.2. The van der Waals surface area contributed by atoms with Crippen molar-refractivity contribution < 1.29 is 61.5 Å². The lowest BCUT2D eigenvalue weighted by Crippen LogP contribution is -2.34. The topological polar surface area (TPSA) is 0 Å². The van der Waals surface area contributed by atoms with Gasteiger partial charge in [0.25, 0.3) is 0 Å². The van der Waals surface area contributed by atoms with Crippen molar-refractivity contribution >= 4 is 0 Å². The molecule has 0 saturated heterocycles. The second-order valence-corrected chi connectivity index (χ2v) is 36.1. The summed E-state index contributed by atoms with van der Waals surface area (Å²) in [5, 5.41) is 0. The van der Waals surface area contributed by atoms with Gasteiger partial charge in [-0.15, -0.1) is 0 Å². The van der Waals surface area contributed by atoms with E-state index in [-0.39, 0.29) is 86.6 Å². The van der Waals surface area contributed by atoms with Crippen molar-refractivity contribution in [2.45, 2.75) is 346 Å². The maximum Gasteiger partial charge on any atom is 0.389 e. The van der Waals surface area contributed by atoms with E-state index in [2.05, 4.69) is 138 Å². The van der Waals surface area contributed by atoms with Crippen LogP contribution >= 0.6 is 0 Å². The molecule has 0 amide bonds. The maximum atomic E-state index is 13.6. The molecule has 0 aromatic carbocycles. The molecule has 0 rings (SSSR count). The monoisotopic (exact) mass is 1460 g/mol. The Morgan fingerprint density at radius 3 is 0.626 bits per heavy atom. The van der Waals surface area contributed by atoms with Crippen molar-refractivity contribution in [3.05, 3.63) is 0 Å². The minimum absolute atomic E-state index is 0.0162. The average molecular weight is 1460 g/mol. The van der Waals surface area contributed by atoms with Crippen LogP contribution in [0.2, 0.25) is 0 Å². The van der Waals surface area contributed by atoms with Gasteiger partial charge < -0.3 is 0 Å². The minimum atomic E-state index is -4.00. The summed E-state index contributed by atoms with van der Waals surface area (Å²) in [6, 6.07) is 0. The quantitative estimate of drug-likeness (QED) is 0.0564. The van der Waals surface area contributed by atoms with Gasteiger partial charge in [-0.1, -0.05) is 256 Å². The fourth-order valence-corrected chi connectivity index (χ4v) is 16.1. The molecule has 0 nitrogen and oxygen atoms in total. The van der Waals surface area contributed by atoms with Crippen LogP contribution in [-0.4, -0.2) is 63.7 Å². The first kappa shape index (κ1) is 116.